The standard InChI is InChI=1S/C58H74O13/c1-6-61-39(3)65-45-27-38(2)28-46-55(37-64-57(69-46)43-25-17-10-18-26-43)68-49(45)32-53-56(59)52(63-35-42-23-15-9-16-24-42)31-48-47(66-53)30-51-50(70-58(4,5)71-51)29-44(62-34-41-21-13-8-14-22-41)54(67-48)36-60-33-40-19-11-7-12-20-40/h7-26,38-39,44-55,57H,6,27-37H2,1-5H3/t38-,39?,44+,45+,46-,47-,48+,49-,50-,51+,52+,53+,54-,55+,57+/m0/s1. The first-order chi connectivity index (χ1) is 34.6. The third-order valence-electron chi connectivity index (χ3n) is 14.3. The zero-order valence-corrected chi connectivity index (χ0v) is 42.0. The molecule has 71 heavy (non-hydrogen) atoms. The Morgan fingerprint density at radius 3 is 1.85 bits per heavy atom. The van der Waals surface area contributed by atoms with Crippen molar-refractivity contribution in [2.24, 2.45) is 5.92 Å². The topological polar surface area (TPSA) is 128 Å². The van der Waals surface area contributed by atoms with Gasteiger partial charge in [-0.05, 0) is 63.1 Å². The van der Waals surface area contributed by atoms with Gasteiger partial charge in [0.15, 0.2) is 24.2 Å². The van der Waals surface area contributed by atoms with Crippen LogP contribution in [-0.2, 0) is 81.5 Å². The predicted octanol–water partition coefficient (Wildman–Crippen LogP) is 9.62. The molecule has 1 unspecified atom stereocenters. The normalized spacial score (nSPS) is 33.7. The lowest BCUT2D eigenvalue weighted by atomic mass is 9.88. The summed E-state index contributed by atoms with van der Waals surface area (Å²) in [5.41, 5.74) is 3.98. The zero-order valence-electron chi connectivity index (χ0n) is 42.0. The molecule has 0 radical (unpaired) electrons. The van der Waals surface area contributed by atoms with Crippen LogP contribution in [0.1, 0.15) is 102 Å². The van der Waals surface area contributed by atoms with Crippen LogP contribution in [0.3, 0.4) is 0 Å². The summed E-state index contributed by atoms with van der Waals surface area (Å²) in [5, 5.41) is 0. The summed E-state index contributed by atoms with van der Waals surface area (Å²) in [4.78, 5) is 15.4. The summed E-state index contributed by atoms with van der Waals surface area (Å²) in [6.45, 7) is 11.9. The molecule has 0 spiro atoms. The number of rotatable bonds is 17. The molecule has 15 atom stereocenters. The van der Waals surface area contributed by atoms with E-state index in [0.29, 0.717) is 45.7 Å². The van der Waals surface area contributed by atoms with E-state index in [4.69, 9.17) is 56.8 Å². The van der Waals surface area contributed by atoms with Crippen molar-refractivity contribution >= 4 is 5.78 Å². The van der Waals surface area contributed by atoms with Gasteiger partial charge in [-0.25, -0.2) is 0 Å². The predicted molar refractivity (Wildman–Crippen MR) is 264 cm³/mol. The van der Waals surface area contributed by atoms with E-state index in [1.165, 1.54) is 0 Å². The maximum atomic E-state index is 15.4. The van der Waals surface area contributed by atoms with E-state index in [9.17, 15) is 0 Å². The third kappa shape index (κ3) is 14.2. The zero-order chi connectivity index (χ0) is 49.2. The summed E-state index contributed by atoms with van der Waals surface area (Å²) < 4.78 is 81.1. The van der Waals surface area contributed by atoms with Crippen molar-refractivity contribution in [3.8, 4) is 0 Å². The average molecular weight is 979 g/mol. The smallest absolute Gasteiger partial charge is 0.190 e. The number of carbonyl (C=O) groups excluding carboxylic acids is 1. The maximum Gasteiger partial charge on any atom is 0.190 e. The van der Waals surface area contributed by atoms with Crippen LogP contribution in [0.15, 0.2) is 121 Å². The Morgan fingerprint density at radius 2 is 1.18 bits per heavy atom. The summed E-state index contributed by atoms with van der Waals surface area (Å²) in [5.74, 6) is -0.878. The molecule has 5 aliphatic heterocycles. The SMILES string of the molecule is CCOC(C)O[C@@H]1C[C@H](C)C[C@@H]2O[C@H](c3ccccc3)OC[C@H]2O[C@H]1C[C@H]1O[C@H]2C[C@H]3OC(C)(C)O[C@H]3C[C@@H](OCc3ccccc3)[C@H](COCc3ccccc3)O[C@@H]2C[C@@H](OCc2ccccc2)C1=O. The number of hydrogen-bond acceptors (Lipinski definition) is 13. The average Bonchev–Trinajstić information content (AvgIpc) is 3.62. The number of ketones is 1. The molecule has 5 heterocycles. The Kier molecular flexibility index (Phi) is 18.2. The minimum Gasteiger partial charge on any atom is -0.374 e. The first-order valence-electron chi connectivity index (χ1n) is 25.9. The molecule has 4 aromatic carbocycles. The molecule has 0 N–H and O–H groups in total. The van der Waals surface area contributed by atoms with Gasteiger partial charge in [0, 0.05) is 37.9 Å². The van der Waals surface area contributed by atoms with Crippen LogP contribution in [0.2, 0.25) is 0 Å². The Morgan fingerprint density at radius 1 is 0.606 bits per heavy atom. The first kappa shape index (κ1) is 52.0. The molecule has 5 aliphatic rings. The molecular weight excluding hydrogens is 905 g/mol. The molecule has 0 saturated carbocycles. The fourth-order valence-corrected chi connectivity index (χ4v) is 10.8. The lowest BCUT2D eigenvalue weighted by molar-refractivity contribution is -0.295. The van der Waals surface area contributed by atoms with E-state index in [0.717, 1.165) is 28.7 Å². The lowest BCUT2D eigenvalue weighted by Gasteiger charge is -2.44. The quantitative estimate of drug-likeness (QED) is 0.0933. The summed E-state index contributed by atoms with van der Waals surface area (Å²) in [6.07, 6.45) is -5.05. The van der Waals surface area contributed by atoms with Crippen LogP contribution in [0, 0.1) is 5.92 Å². The van der Waals surface area contributed by atoms with Gasteiger partial charge in [-0.15, -0.1) is 0 Å². The van der Waals surface area contributed by atoms with Gasteiger partial charge in [-0.2, -0.15) is 0 Å². The fraction of sp³-hybridized carbons (Fsp3) is 0.569. The van der Waals surface area contributed by atoms with Gasteiger partial charge in [-0.1, -0.05) is 128 Å². The number of Topliss-reactive ketones (excluding diaryl/α,β-unsaturated/α-hetero) is 1. The summed E-state index contributed by atoms with van der Waals surface area (Å²) in [7, 11) is 0. The van der Waals surface area contributed by atoms with Crippen LogP contribution in [0.25, 0.3) is 0 Å². The van der Waals surface area contributed by atoms with Crippen molar-refractivity contribution in [1.29, 1.82) is 0 Å². The van der Waals surface area contributed by atoms with Crippen LogP contribution in [0.4, 0.5) is 0 Å². The van der Waals surface area contributed by atoms with Crippen LogP contribution in [0.5, 0.6) is 0 Å². The lowest BCUT2D eigenvalue weighted by Crippen LogP contribution is -2.52. The number of carbonyl (C=O) groups is 1. The second-order valence-corrected chi connectivity index (χ2v) is 20.3. The van der Waals surface area contributed by atoms with Gasteiger partial charge in [0.25, 0.3) is 0 Å². The Balaban J connectivity index is 1.04. The van der Waals surface area contributed by atoms with E-state index < -0.39 is 79.4 Å². The molecule has 0 aromatic heterocycles. The van der Waals surface area contributed by atoms with Crippen molar-refractivity contribution in [2.75, 3.05) is 19.8 Å². The molecule has 4 aromatic rings. The minimum absolute atomic E-state index is 0.179. The van der Waals surface area contributed by atoms with E-state index in [-0.39, 0.29) is 50.0 Å². The molecule has 0 amide bonds. The molecule has 5 fully saturated rings. The van der Waals surface area contributed by atoms with Gasteiger partial charge in [0.05, 0.1) is 81.9 Å². The maximum absolute atomic E-state index is 15.4. The minimum atomic E-state index is -0.976. The second kappa shape index (κ2) is 24.9. The molecule has 13 heteroatoms. The van der Waals surface area contributed by atoms with Crippen molar-refractivity contribution in [1.82, 2.24) is 0 Å². The highest BCUT2D eigenvalue weighted by Gasteiger charge is 2.51. The monoisotopic (exact) mass is 979 g/mol. The largest absolute Gasteiger partial charge is 0.374 e. The van der Waals surface area contributed by atoms with Gasteiger partial charge in [0.2, 0.25) is 0 Å². The van der Waals surface area contributed by atoms with Crippen LogP contribution < -0.4 is 0 Å². The Labute approximate surface area is 420 Å². The Hall–Kier alpha value is -3.93. The number of benzene rings is 4. The van der Waals surface area contributed by atoms with Gasteiger partial charge in [-0.3, -0.25) is 4.79 Å². The second-order valence-electron chi connectivity index (χ2n) is 20.3. The number of fused-ring (bicyclic) bond motifs is 3. The highest BCUT2D eigenvalue weighted by molar-refractivity contribution is 5.87. The van der Waals surface area contributed by atoms with Crippen LogP contribution in [-0.4, -0.2) is 111 Å². The van der Waals surface area contributed by atoms with Crippen molar-refractivity contribution in [3.63, 3.8) is 0 Å². The molecule has 5 saturated heterocycles. The fourth-order valence-electron chi connectivity index (χ4n) is 10.8. The van der Waals surface area contributed by atoms with Gasteiger partial charge < -0.3 is 56.8 Å². The molecule has 0 aliphatic carbocycles. The number of ether oxygens (including phenoxy) is 12. The van der Waals surface area contributed by atoms with E-state index in [1.54, 1.807) is 0 Å². The highest BCUT2D eigenvalue weighted by atomic mass is 16.8. The molecule has 9 rings (SSSR count). The summed E-state index contributed by atoms with van der Waals surface area (Å²) in [6, 6.07) is 40.1. The van der Waals surface area contributed by atoms with E-state index >= 15 is 4.79 Å². The summed E-state index contributed by atoms with van der Waals surface area (Å²) >= 11 is 0. The van der Waals surface area contributed by atoms with Gasteiger partial charge in [0.1, 0.15) is 24.4 Å². The molecule has 384 valence electrons. The van der Waals surface area contributed by atoms with Crippen molar-refractivity contribution < 1.29 is 61.6 Å². The molecule has 13 nitrogen and oxygen atoms in total. The highest BCUT2D eigenvalue weighted by Crippen LogP contribution is 2.41. The number of hydrogen-bond donors (Lipinski definition) is 0. The van der Waals surface area contributed by atoms with Crippen LogP contribution >= 0.6 is 0 Å². The first-order valence-corrected chi connectivity index (χ1v) is 25.9. The van der Waals surface area contributed by atoms with Crippen molar-refractivity contribution in [2.45, 2.75) is 185 Å². The van der Waals surface area contributed by atoms with Gasteiger partial charge >= 0.3 is 0 Å². The van der Waals surface area contributed by atoms with E-state index in [2.05, 4.69) is 19.1 Å². The molecule has 0 bridgehead atoms. The Bertz CT molecular complexity index is 2200. The molecular formula is C58H74O13. The van der Waals surface area contributed by atoms with E-state index in [1.807, 2.05) is 137 Å². The van der Waals surface area contributed by atoms with Crippen molar-refractivity contribution in [3.05, 3.63) is 144 Å². The third-order valence-corrected chi connectivity index (χ3v) is 14.3.